The Bertz CT molecular complexity index is 512. The summed E-state index contributed by atoms with van der Waals surface area (Å²) in [5.74, 6) is 0. The molecule has 0 aliphatic carbocycles. The van der Waals surface area contributed by atoms with Gasteiger partial charge in [-0.25, -0.2) is 4.98 Å². The molecule has 0 N–H and O–H groups in total. The maximum absolute atomic E-state index is 4.73. The van der Waals surface area contributed by atoms with E-state index < -0.39 is 0 Å². The summed E-state index contributed by atoms with van der Waals surface area (Å²) in [5, 5.41) is 3.25. The van der Waals surface area contributed by atoms with E-state index in [-0.39, 0.29) is 0 Å². The predicted octanol–water partition coefficient (Wildman–Crippen LogP) is 3.72. The number of thiazole rings is 1. The Morgan fingerprint density at radius 1 is 1.05 bits per heavy atom. The molecule has 1 aromatic carbocycles. The zero-order valence-corrected chi connectivity index (χ0v) is 12.9. The highest BCUT2D eigenvalue weighted by atomic mass is 32.1. The summed E-state index contributed by atoms with van der Waals surface area (Å²) in [6, 6.07) is 8.53. The predicted molar refractivity (Wildman–Crippen MR) is 85.4 cm³/mol. The van der Waals surface area contributed by atoms with Gasteiger partial charge in [-0.3, -0.25) is 0 Å². The van der Waals surface area contributed by atoms with Gasteiger partial charge in [0, 0.05) is 43.8 Å². The third kappa shape index (κ3) is 3.07. The van der Waals surface area contributed by atoms with Crippen molar-refractivity contribution in [1.29, 1.82) is 0 Å². The van der Waals surface area contributed by atoms with Gasteiger partial charge < -0.3 is 9.80 Å². The Labute approximate surface area is 119 Å². The fraction of sp³-hybridized carbons (Fsp3) is 0.400. The molecule has 0 aliphatic heterocycles. The minimum atomic E-state index is 1.00. The van der Waals surface area contributed by atoms with Gasteiger partial charge >= 0.3 is 0 Å². The second kappa shape index (κ2) is 6.06. The lowest BCUT2D eigenvalue weighted by Crippen LogP contribution is -2.21. The largest absolute Gasteiger partial charge is 0.378 e. The Balaban J connectivity index is 2.22. The fourth-order valence-electron chi connectivity index (χ4n) is 1.97. The summed E-state index contributed by atoms with van der Waals surface area (Å²) in [5.41, 5.74) is 3.46. The number of rotatable bonds is 5. The molecule has 1 aromatic heterocycles. The van der Waals surface area contributed by atoms with Crippen LogP contribution in [0.4, 0.5) is 10.8 Å². The monoisotopic (exact) mass is 275 g/mol. The number of hydrogen-bond donors (Lipinski definition) is 0. The molecule has 4 heteroatoms. The second-order valence-electron chi connectivity index (χ2n) is 4.63. The molecule has 0 saturated carbocycles. The Kier molecular flexibility index (Phi) is 4.43. The van der Waals surface area contributed by atoms with E-state index in [9.17, 15) is 0 Å². The average molecular weight is 275 g/mol. The van der Waals surface area contributed by atoms with Gasteiger partial charge in [0.05, 0.1) is 5.69 Å². The molecule has 2 rings (SSSR count). The van der Waals surface area contributed by atoms with Gasteiger partial charge in [-0.15, -0.1) is 11.3 Å². The van der Waals surface area contributed by atoms with Crippen LogP contribution in [0, 0.1) is 0 Å². The van der Waals surface area contributed by atoms with E-state index in [4.69, 9.17) is 4.98 Å². The van der Waals surface area contributed by atoms with Crippen LogP contribution in [0.2, 0.25) is 0 Å². The molecule has 0 aliphatic rings. The minimum Gasteiger partial charge on any atom is -0.378 e. The zero-order valence-electron chi connectivity index (χ0n) is 12.1. The Hall–Kier alpha value is -1.55. The van der Waals surface area contributed by atoms with Crippen molar-refractivity contribution in [2.24, 2.45) is 0 Å². The maximum atomic E-state index is 4.73. The molecule has 0 radical (unpaired) electrons. The normalized spacial score (nSPS) is 10.5. The fourth-order valence-corrected chi connectivity index (χ4v) is 2.93. The standard InChI is InChI=1S/C15H21N3S/c1-5-18(6-2)15-16-14(11-19-15)12-7-9-13(10-8-12)17(3)4/h7-11H,5-6H2,1-4H3. The highest BCUT2D eigenvalue weighted by Gasteiger charge is 2.09. The number of aromatic nitrogens is 1. The Morgan fingerprint density at radius 2 is 1.68 bits per heavy atom. The molecule has 0 amide bonds. The molecule has 102 valence electrons. The topological polar surface area (TPSA) is 19.4 Å². The van der Waals surface area contributed by atoms with Crippen molar-refractivity contribution in [2.75, 3.05) is 37.0 Å². The van der Waals surface area contributed by atoms with Crippen molar-refractivity contribution in [2.45, 2.75) is 13.8 Å². The van der Waals surface area contributed by atoms with Gasteiger partial charge in [-0.1, -0.05) is 12.1 Å². The highest BCUT2D eigenvalue weighted by molar-refractivity contribution is 7.14. The van der Waals surface area contributed by atoms with Crippen LogP contribution in [0.1, 0.15) is 13.8 Å². The summed E-state index contributed by atoms with van der Waals surface area (Å²) >= 11 is 1.72. The molecule has 0 unspecified atom stereocenters. The molecule has 1 heterocycles. The maximum Gasteiger partial charge on any atom is 0.185 e. The molecule has 0 saturated heterocycles. The highest BCUT2D eigenvalue weighted by Crippen LogP contribution is 2.28. The van der Waals surface area contributed by atoms with Crippen molar-refractivity contribution < 1.29 is 0 Å². The first-order valence-electron chi connectivity index (χ1n) is 6.64. The number of benzene rings is 1. The molecule has 0 atom stereocenters. The third-order valence-electron chi connectivity index (χ3n) is 3.21. The van der Waals surface area contributed by atoms with Crippen molar-refractivity contribution in [1.82, 2.24) is 4.98 Å². The van der Waals surface area contributed by atoms with Gasteiger partial charge in [0.2, 0.25) is 0 Å². The van der Waals surface area contributed by atoms with E-state index in [2.05, 4.69) is 67.4 Å². The second-order valence-corrected chi connectivity index (χ2v) is 5.47. The molecule has 2 aromatic rings. The van der Waals surface area contributed by atoms with Crippen molar-refractivity contribution >= 4 is 22.2 Å². The minimum absolute atomic E-state index is 1.00. The molecular formula is C15H21N3S. The number of anilines is 2. The molecule has 0 spiro atoms. The van der Waals surface area contributed by atoms with E-state index in [1.54, 1.807) is 11.3 Å². The van der Waals surface area contributed by atoms with Gasteiger partial charge in [-0.05, 0) is 26.0 Å². The van der Waals surface area contributed by atoms with E-state index in [1.807, 2.05) is 0 Å². The zero-order chi connectivity index (χ0) is 13.8. The van der Waals surface area contributed by atoms with Crippen molar-refractivity contribution in [3.05, 3.63) is 29.6 Å². The lowest BCUT2D eigenvalue weighted by atomic mass is 10.1. The van der Waals surface area contributed by atoms with Gasteiger partial charge in [0.1, 0.15) is 0 Å². The van der Waals surface area contributed by atoms with Crippen LogP contribution in [-0.4, -0.2) is 32.2 Å². The Morgan fingerprint density at radius 3 is 2.21 bits per heavy atom. The summed E-state index contributed by atoms with van der Waals surface area (Å²) in [7, 11) is 4.10. The van der Waals surface area contributed by atoms with Crippen molar-refractivity contribution in [3.8, 4) is 11.3 Å². The van der Waals surface area contributed by atoms with E-state index >= 15 is 0 Å². The quantitative estimate of drug-likeness (QED) is 0.829. The molecular weight excluding hydrogens is 254 g/mol. The lowest BCUT2D eigenvalue weighted by Gasteiger charge is -2.16. The van der Waals surface area contributed by atoms with Gasteiger partial charge in [0.15, 0.2) is 5.13 Å². The van der Waals surface area contributed by atoms with Crippen LogP contribution in [0.25, 0.3) is 11.3 Å². The lowest BCUT2D eigenvalue weighted by molar-refractivity contribution is 0.860. The van der Waals surface area contributed by atoms with Gasteiger partial charge in [-0.2, -0.15) is 0 Å². The first-order chi connectivity index (χ1) is 9.15. The van der Waals surface area contributed by atoms with Gasteiger partial charge in [0.25, 0.3) is 0 Å². The summed E-state index contributed by atoms with van der Waals surface area (Å²) < 4.78 is 0. The van der Waals surface area contributed by atoms with Crippen LogP contribution >= 0.6 is 11.3 Å². The van der Waals surface area contributed by atoms with Crippen LogP contribution in [-0.2, 0) is 0 Å². The molecule has 19 heavy (non-hydrogen) atoms. The average Bonchev–Trinajstić information content (AvgIpc) is 2.90. The molecule has 0 fully saturated rings. The van der Waals surface area contributed by atoms with Crippen LogP contribution in [0.15, 0.2) is 29.6 Å². The van der Waals surface area contributed by atoms with E-state index in [0.29, 0.717) is 0 Å². The summed E-state index contributed by atoms with van der Waals surface area (Å²) in [4.78, 5) is 9.11. The van der Waals surface area contributed by atoms with Crippen LogP contribution in [0.3, 0.4) is 0 Å². The van der Waals surface area contributed by atoms with E-state index in [1.165, 1.54) is 11.3 Å². The first-order valence-corrected chi connectivity index (χ1v) is 7.52. The SMILES string of the molecule is CCN(CC)c1nc(-c2ccc(N(C)C)cc2)cs1. The number of nitrogens with zero attached hydrogens (tertiary/aromatic N) is 3. The molecule has 0 bridgehead atoms. The van der Waals surface area contributed by atoms with Crippen LogP contribution < -0.4 is 9.80 Å². The summed E-state index contributed by atoms with van der Waals surface area (Å²) in [6.07, 6.45) is 0. The first kappa shape index (κ1) is 13.9. The number of hydrogen-bond acceptors (Lipinski definition) is 4. The smallest absolute Gasteiger partial charge is 0.185 e. The molecule has 3 nitrogen and oxygen atoms in total. The summed E-state index contributed by atoms with van der Waals surface area (Å²) in [6.45, 7) is 6.33. The van der Waals surface area contributed by atoms with Crippen LogP contribution in [0.5, 0.6) is 0 Å². The van der Waals surface area contributed by atoms with Crippen molar-refractivity contribution in [3.63, 3.8) is 0 Å². The van der Waals surface area contributed by atoms with E-state index in [0.717, 1.165) is 23.9 Å². The third-order valence-corrected chi connectivity index (χ3v) is 4.11.